The highest BCUT2D eigenvalue weighted by Crippen LogP contribution is 2.30. The first-order valence-corrected chi connectivity index (χ1v) is 8.61. The van der Waals surface area contributed by atoms with E-state index in [1.807, 2.05) is 6.07 Å². The summed E-state index contributed by atoms with van der Waals surface area (Å²) < 4.78 is 10.5. The van der Waals surface area contributed by atoms with Crippen LogP contribution in [-0.4, -0.2) is 26.0 Å². The molecule has 6 heteroatoms. The number of para-hydroxylation sites is 1. The summed E-state index contributed by atoms with van der Waals surface area (Å²) in [6, 6.07) is 20.7. The molecule has 3 rings (SSSR count). The van der Waals surface area contributed by atoms with E-state index < -0.39 is 0 Å². The van der Waals surface area contributed by atoms with E-state index in [9.17, 15) is 9.59 Å². The Morgan fingerprint density at radius 1 is 0.714 bits per heavy atom. The molecule has 28 heavy (non-hydrogen) atoms. The third-order valence-electron chi connectivity index (χ3n) is 4.10. The third-order valence-corrected chi connectivity index (χ3v) is 4.10. The first kappa shape index (κ1) is 19.0. The van der Waals surface area contributed by atoms with Crippen molar-refractivity contribution < 1.29 is 19.1 Å². The maximum Gasteiger partial charge on any atom is 0.257 e. The van der Waals surface area contributed by atoms with Gasteiger partial charge in [-0.1, -0.05) is 30.3 Å². The minimum Gasteiger partial charge on any atom is -0.493 e. The van der Waals surface area contributed by atoms with E-state index in [2.05, 4.69) is 10.6 Å². The number of amides is 2. The first-order chi connectivity index (χ1) is 13.6. The minimum atomic E-state index is -0.351. The standard InChI is InChI=1S/C22H20N2O4/c1-27-19-13-12-16(14-20(19)28-2)23-22(26)17-10-6-7-11-18(17)24-21(25)15-8-4-3-5-9-15/h3-14H,1-2H3,(H,23,26)(H,24,25). The lowest BCUT2D eigenvalue weighted by Crippen LogP contribution is -2.18. The van der Waals surface area contributed by atoms with Crippen LogP contribution in [-0.2, 0) is 0 Å². The number of hydrogen-bond acceptors (Lipinski definition) is 4. The smallest absolute Gasteiger partial charge is 0.257 e. The molecule has 0 heterocycles. The van der Waals surface area contributed by atoms with Gasteiger partial charge in [-0.3, -0.25) is 9.59 Å². The Bertz CT molecular complexity index is 987. The van der Waals surface area contributed by atoms with Gasteiger partial charge in [0.15, 0.2) is 11.5 Å². The van der Waals surface area contributed by atoms with E-state index in [0.717, 1.165) is 0 Å². The van der Waals surface area contributed by atoms with Gasteiger partial charge in [-0.15, -0.1) is 0 Å². The zero-order valence-corrected chi connectivity index (χ0v) is 15.6. The van der Waals surface area contributed by atoms with E-state index >= 15 is 0 Å². The lowest BCUT2D eigenvalue weighted by molar-refractivity contribution is 0.102. The monoisotopic (exact) mass is 376 g/mol. The van der Waals surface area contributed by atoms with Crippen molar-refractivity contribution in [3.8, 4) is 11.5 Å². The summed E-state index contributed by atoms with van der Waals surface area (Å²) >= 11 is 0. The predicted octanol–water partition coefficient (Wildman–Crippen LogP) is 4.21. The second-order valence-corrected chi connectivity index (χ2v) is 5.89. The average Bonchev–Trinajstić information content (AvgIpc) is 2.74. The number of rotatable bonds is 6. The molecule has 2 amide bonds. The van der Waals surface area contributed by atoms with Crippen LogP contribution < -0.4 is 20.1 Å². The maximum absolute atomic E-state index is 12.8. The van der Waals surface area contributed by atoms with Crippen LogP contribution >= 0.6 is 0 Å². The summed E-state index contributed by atoms with van der Waals surface area (Å²) in [6.07, 6.45) is 0. The molecule has 0 aliphatic rings. The van der Waals surface area contributed by atoms with Crippen molar-refractivity contribution in [3.63, 3.8) is 0 Å². The highest BCUT2D eigenvalue weighted by molar-refractivity contribution is 6.12. The van der Waals surface area contributed by atoms with Crippen LogP contribution in [0.4, 0.5) is 11.4 Å². The third kappa shape index (κ3) is 4.29. The van der Waals surface area contributed by atoms with Crippen molar-refractivity contribution in [3.05, 3.63) is 83.9 Å². The van der Waals surface area contributed by atoms with Crippen molar-refractivity contribution in [2.24, 2.45) is 0 Å². The van der Waals surface area contributed by atoms with Crippen molar-refractivity contribution in [2.75, 3.05) is 24.9 Å². The SMILES string of the molecule is COc1ccc(NC(=O)c2ccccc2NC(=O)c2ccccc2)cc1OC. The number of benzene rings is 3. The molecule has 0 radical (unpaired) electrons. The molecule has 0 aliphatic carbocycles. The fourth-order valence-corrected chi connectivity index (χ4v) is 2.69. The zero-order chi connectivity index (χ0) is 19.9. The van der Waals surface area contributed by atoms with Crippen LogP contribution in [0.1, 0.15) is 20.7 Å². The van der Waals surface area contributed by atoms with Gasteiger partial charge in [0, 0.05) is 17.3 Å². The van der Waals surface area contributed by atoms with Gasteiger partial charge in [-0.25, -0.2) is 0 Å². The Balaban J connectivity index is 1.80. The van der Waals surface area contributed by atoms with Crippen molar-refractivity contribution in [2.45, 2.75) is 0 Å². The summed E-state index contributed by atoms with van der Waals surface area (Å²) in [4.78, 5) is 25.2. The minimum absolute atomic E-state index is 0.285. The molecule has 6 nitrogen and oxygen atoms in total. The quantitative estimate of drug-likeness (QED) is 0.676. The topological polar surface area (TPSA) is 76.7 Å². The van der Waals surface area contributed by atoms with Gasteiger partial charge in [-0.2, -0.15) is 0 Å². The molecule has 0 unspecified atom stereocenters. The van der Waals surface area contributed by atoms with Crippen LogP contribution in [0.2, 0.25) is 0 Å². The largest absolute Gasteiger partial charge is 0.493 e. The molecular weight excluding hydrogens is 356 g/mol. The van der Waals surface area contributed by atoms with Crippen LogP contribution in [0.5, 0.6) is 11.5 Å². The van der Waals surface area contributed by atoms with Gasteiger partial charge < -0.3 is 20.1 Å². The van der Waals surface area contributed by atoms with Crippen LogP contribution in [0.25, 0.3) is 0 Å². The average molecular weight is 376 g/mol. The van der Waals surface area contributed by atoms with Crippen molar-refractivity contribution in [1.29, 1.82) is 0 Å². The molecule has 3 aromatic rings. The number of methoxy groups -OCH3 is 2. The number of hydrogen-bond donors (Lipinski definition) is 2. The van der Waals surface area contributed by atoms with E-state index in [1.165, 1.54) is 7.11 Å². The Morgan fingerprint density at radius 3 is 2.11 bits per heavy atom. The predicted molar refractivity (Wildman–Crippen MR) is 108 cm³/mol. The van der Waals surface area contributed by atoms with Gasteiger partial charge in [0.1, 0.15) is 0 Å². The Morgan fingerprint density at radius 2 is 1.39 bits per heavy atom. The Hall–Kier alpha value is -3.80. The molecular formula is C22H20N2O4. The summed E-state index contributed by atoms with van der Waals surface area (Å²) in [6.45, 7) is 0. The molecule has 0 spiro atoms. The highest BCUT2D eigenvalue weighted by atomic mass is 16.5. The Labute approximate surface area is 163 Å². The van der Waals surface area contributed by atoms with Gasteiger partial charge in [0.05, 0.1) is 25.5 Å². The van der Waals surface area contributed by atoms with Gasteiger partial charge in [0.2, 0.25) is 0 Å². The van der Waals surface area contributed by atoms with E-state index in [1.54, 1.807) is 73.8 Å². The number of carbonyl (C=O) groups is 2. The van der Waals surface area contributed by atoms with E-state index in [4.69, 9.17) is 9.47 Å². The molecule has 0 aromatic heterocycles. The first-order valence-electron chi connectivity index (χ1n) is 8.61. The van der Waals surface area contributed by atoms with Crippen LogP contribution in [0.3, 0.4) is 0 Å². The lowest BCUT2D eigenvalue weighted by Gasteiger charge is -2.13. The van der Waals surface area contributed by atoms with Crippen molar-refractivity contribution >= 4 is 23.2 Å². The summed E-state index contributed by atoms with van der Waals surface area (Å²) in [5, 5.41) is 5.60. The van der Waals surface area contributed by atoms with Crippen molar-refractivity contribution in [1.82, 2.24) is 0 Å². The molecule has 2 N–H and O–H groups in total. The second-order valence-electron chi connectivity index (χ2n) is 5.89. The molecule has 0 atom stereocenters. The second kappa shape index (κ2) is 8.73. The lowest BCUT2D eigenvalue weighted by atomic mass is 10.1. The maximum atomic E-state index is 12.8. The van der Waals surface area contributed by atoms with Gasteiger partial charge in [-0.05, 0) is 36.4 Å². The van der Waals surface area contributed by atoms with E-state index in [-0.39, 0.29) is 11.8 Å². The fourth-order valence-electron chi connectivity index (χ4n) is 2.69. The summed E-state index contributed by atoms with van der Waals surface area (Å²) in [7, 11) is 3.07. The molecule has 3 aromatic carbocycles. The Kier molecular flexibility index (Phi) is 5.91. The highest BCUT2D eigenvalue weighted by Gasteiger charge is 2.15. The molecule has 142 valence electrons. The zero-order valence-electron chi connectivity index (χ0n) is 15.6. The van der Waals surface area contributed by atoms with E-state index in [0.29, 0.717) is 34.0 Å². The van der Waals surface area contributed by atoms with Gasteiger partial charge in [0.25, 0.3) is 11.8 Å². The number of anilines is 2. The van der Waals surface area contributed by atoms with Crippen LogP contribution in [0, 0.1) is 0 Å². The number of ether oxygens (including phenoxy) is 2. The molecule has 0 saturated carbocycles. The number of carbonyl (C=O) groups excluding carboxylic acids is 2. The van der Waals surface area contributed by atoms with Crippen LogP contribution in [0.15, 0.2) is 72.8 Å². The molecule has 0 aliphatic heterocycles. The summed E-state index contributed by atoms with van der Waals surface area (Å²) in [5.41, 5.74) is 1.83. The van der Waals surface area contributed by atoms with Gasteiger partial charge >= 0.3 is 0 Å². The number of nitrogens with one attached hydrogen (secondary N) is 2. The summed E-state index contributed by atoms with van der Waals surface area (Å²) in [5.74, 6) is 0.435. The molecule has 0 bridgehead atoms. The fraction of sp³-hybridized carbons (Fsp3) is 0.0909. The normalized spacial score (nSPS) is 10.1. The molecule has 0 fully saturated rings. The molecule has 0 saturated heterocycles.